The Kier molecular flexibility index (Phi) is 27.1. The van der Waals surface area contributed by atoms with Gasteiger partial charge in [0.05, 0.1) is 30.2 Å². The number of halogens is 5. The van der Waals surface area contributed by atoms with Gasteiger partial charge in [0.15, 0.2) is 0 Å². The average Bonchev–Trinajstić information content (AvgIpc) is 1.50. The largest absolute Gasteiger partial charge is 0.417 e. The maximum Gasteiger partial charge on any atom is 0.417 e. The molecule has 92 heavy (non-hydrogen) atoms. The first-order valence-corrected chi connectivity index (χ1v) is 32.7. The van der Waals surface area contributed by atoms with Gasteiger partial charge in [0, 0.05) is 79.2 Å². The molecule has 8 atom stereocenters. The molecule has 0 bridgehead atoms. The number of carbonyl (C=O) groups is 11. The number of hydrogen-bond acceptors (Lipinski definition) is 11. The van der Waals surface area contributed by atoms with E-state index in [2.05, 4.69) is 31.9 Å². The van der Waals surface area contributed by atoms with Gasteiger partial charge in [-0.25, -0.2) is 0 Å². The zero-order chi connectivity index (χ0) is 69.0. The van der Waals surface area contributed by atoms with E-state index >= 15 is 9.59 Å². The van der Waals surface area contributed by atoms with E-state index in [0.717, 1.165) is 36.2 Å². The van der Waals surface area contributed by atoms with Gasteiger partial charge in [0.2, 0.25) is 65.0 Å². The number of rotatable bonds is 10. The monoisotopic (exact) mass is 1380 g/mol. The van der Waals surface area contributed by atoms with Crippen LogP contribution in [0.1, 0.15) is 129 Å². The molecule has 0 radical (unpaired) electrons. The topological polar surface area (TPSA) is 250 Å². The molecule has 2 aromatic carbocycles. The SMILES string of the molecule is CC[C@H](C)[C@@H]1NC(=O)[C@H](CC(C)C)N(C)C(=O)C[C@@H](C)N(C)C(=O)[C@H](C(C)C)N(C)C(=O)C2(CCCC2)NC(=O)[C@@H]2CCCN2C(=O)[C@H](CCc2ccc(C(F)(F)F)c(Cl)c2)NC(=O)CN(C)C(=O)[C@H](Cc2ccc(Br)cc2)N(C)C(=O)CN(C)C(=O)CN(C)C1=O. The van der Waals surface area contributed by atoms with Gasteiger partial charge < -0.3 is 55.1 Å². The Labute approximate surface area is 552 Å². The molecule has 1 aliphatic carbocycles. The molecule has 2 saturated heterocycles. The number of nitrogens with zero attached hydrogens (tertiary/aromatic N) is 8. The number of aryl methyl sites for hydroxylation is 1. The van der Waals surface area contributed by atoms with Crippen molar-refractivity contribution >= 4 is 92.5 Å². The molecule has 3 fully saturated rings. The molecule has 0 unspecified atom stereocenters. The summed E-state index contributed by atoms with van der Waals surface area (Å²) >= 11 is 9.52. The van der Waals surface area contributed by atoms with Crippen LogP contribution < -0.4 is 16.0 Å². The summed E-state index contributed by atoms with van der Waals surface area (Å²) < 4.78 is 42.1. The van der Waals surface area contributed by atoms with E-state index in [1.165, 1.54) is 75.0 Å². The van der Waals surface area contributed by atoms with Crippen molar-refractivity contribution in [1.29, 1.82) is 0 Å². The second-order valence-electron chi connectivity index (χ2n) is 26.1. The highest BCUT2D eigenvalue weighted by Gasteiger charge is 2.50. The highest BCUT2D eigenvalue weighted by molar-refractivity contribution is 9.10. The Morgan fingerprint density at radius 1 is 0.663 bits per heavy atom. The molecule has 2 heterocycles. The number of nitrogens with one attached hydrogen (secondary N) is 3. The average molecular weight is 1380 g/mol. The number of fused-ring (bicyclic) bond motifs is 1. The lowest BCUT2D eigenvalue weighted by Gasteiger charge is -2.41. The van der Waals surface area contributed by atoms with Crippen molar-refractivity contribution in [3.63, 3.8) is 0 Å². The van der Waals surface area contributed by atoms with Crippen LogP contribution in [0.15, 0.2) is 46.9 Å². The van der Waals surface area contributed by atoms with Gasteiger partial charge in [-0.15, -0.1) is 0 Å². The van der Waals surface area contributed by atoms with E-state index in [0.29, 0.717) is 36.8 Å². The molecule has 27 heteroatoms. The van der Waals surface area contributed by atoms with Gasteiger partial charge in [0.1, 0.15) is 41.8 Å². The van der Waals surface area contributed by atoms with Crippen LogP contribution in [0.3, 0.4) is 0 Å². The molecule has 3 aliphatic rings. The number of amides is 11. The third kappa shape index (κ3) is 19.2. The lowest BCUT2D eigenvalue weighted by molar-refractivity contribution is -0.152. The van der Waals surface area contributed by atoms with Gasteiger partial charge in [-0.1, -0.05) is 107 Å². The molecule has 1 spiro atoms. The number of benzene rings is 2. The number of carbonyl (C=O) groups excluding carboxylic acids is 11. The molecule has 2 aromatic rings. The summed E-state index contributed by atoms with van der Waals surface area (Å²) in [5.74, 6) is -8.11. The predicted octanol–water partition coefficient (Wildman–Crippen LogP) is 5.54. The predicted molar refractivity (Wildman–Crippen MR) is 344 cm³/mol. The van der Waals surface area contributed by atoms with E-state index in [1.54, 1.807) is 52.0 Å². The minimum atomic E-state index is -4.76. The van der Waals surface area contributed by atoms with Crippen LogP contribution in [0.4, 0.5) is 13.2 Å². The van der Waals surface area contributed by atoms with E-state index in [-0.39, 0.29) is 63.8 Å². The summed E-state index contributed by atoms with van der Waals surface area (Å²) in [6.07, 6.45) is -2.76. The molecule has 2 aliphatic heterocycles. The highest BCUT2D eigenvalue weighted by atomic mass is 79.9. The molecule has 5 rings (SSSR count). The smallest absolute Gasteiger partial charge is 0.343 e. The summed E-state index contributed by atoms with van der Waals surface area (Å²) in [5, 5.41) is 8.03. The maximum atomic E-state index is 15.1. The summed E-state index contributed by atoms with van der Waals surface area (Å²) in [6.45, 7) is 10.8. The van der Waals surface area contributed by atoms with E-state index in [4.69, 9.17) is 11.6 Å². The minimum absolute atomic E-state index is 0.0410. The molecule has 11 amide bonds. The van der Waals surface area contributed by atoms with Crippen LogP contribution in [0.2, 0.25) is 5.02 Å². The van der Waals surface area contributed by atoms with Crippen molar-refractivity contribution in [1.82, 2.24) is 55.1 Å². The fourth-order valence-electron chi connectivity index (χ4n) is 12.3. The van der Waals surface area contributed by atoms with E-state index in [9.17, 15) is 56.3 Å². The summed E-state index contributed by atoms with van der Waals surface area (Å²) in [7, 11) is 9.91. The fraction of sp³-hybridized carbons (Fsp3) is 0.646. The van der Waals surface area contributed by atoms with Gasteiger partial charge in [-0.2, -0.15) is 13.2 Å². The van der Waals surface area contributed by atoms with Crippen molar-refractivity contribution < 1.29 is 65.9 Å². The molecule has 1 saturated carbocycles. The van der Waals surface area contributed by atoms with Crippen LogP contribution in [0.5, 0.6) is 0 Å². The summed E-state index contributed by atoms with van der Waals surface area (Å²) in [4.78, 5) is 170. The summed E-state index contributed by atoms with van der Waals surface area (Å²) in [5.41, 5.74) is -1.68. The lowest BCUT2D eigenvalue weighted by atomic mass is 9.91. The Bertz CT molecular complexity index is 3020. The summed E-state index contributed by atoms with van der Waals surface area (Å²) in [6, 6.07) is 2.10. The van der Waals surface area contributed by atoms with E-state index in [1.807, 2.05) is 20.8 Å². The quantitative estimate of drug-likeness (QED) is 0.266. The van der Waals surface area contributed by atoms with Crippen LogP contribution in [-0.4, -0.2) is 228 Å². The second-order valence-corrected chi connectivity index (χ2v) is 27.4. The van der Waals surface area contributed by atoms with Crippen molar-refractivity contribution in [3.8, 4) is 0 Å². The van der Waals surface area contributed by atoms with Crippen LogP contribution in [0.25, 0.3) is 0 Å². The Morgan fingerprint density at radius 3 is 1.83 bits per heavy atom. The zero-order valence-corrected chi connectivity index (χ0v) is 57.9. The lowest BCUT2D eigenvalue weighted by Crippen LogP contribution is -2.64. The number of alkyl halides is 3. The minimum Gasteiger partial charge on any atom is -0.343 e. The first-order valence-electron chi connectivity index (χ1n) is 31.6. The third-order valence-corrected chi connectivity index (χ3v) is 19.1. The molecule has 0 aromatic heterocycles. The van der Waals surface area contributed by atoms with Gasteiger partial charge >= 0.3 is 6.18 Å². The Morgan fingerprint density at radius 2 is 1.25 bits per heavy atom. The molecular weight excluding hydrogens is 1280 g/mol. The van der Waals surface area contributed by atoms with Gasteiger partial charge in [0.25, 0.3) is 0 Å². The second kappa shape index (κ2) is 32.8. The number of hydrogen-bond donors (Lipinski definition) is 3. The molecule has 22 nitrogen and oxygen atoms in total. The van der Waals surface area contributed by atoms with Gasteiger partial charge in [-0.05, 0) is 105 Å². The van der Waals surface area contributed by atoms with Crippen LogP contribution in [-0.2, 0) is 71.8 Å². The van der Waals surface area contributed by atoms with Crippen molar-refractivity contribution in [2.24, 2.45) is 17.8 Å². The maximum absolute atomic E-state index is 15.1. The molecular formula is C65H94BrClF3N11O11. The first kappa shape index (κ1) is 75.9. The van der Waals surface area contributed by atoms with Crippen molar-refractivity contribution in [2.45, 2.75) is 180 Å². The normalized spacial score (nSPS) is 24.9. The first-order chi connectivity index (χ1) is 42.9. The molecule has 3 N–H and O–H groups in total. The van der Waals surface area contributed by atoms with Crippen LogP contribution >= 0.6 is 27.5 Å². The zero-order valence-electron chi connectivity index (χ0n) is 55.6. The van der Waals surface area contributed by atoms with E-state index < -0.39 is 161 Å². The molecule has 510 valence electrons. The third-order valence-electron chi connectivity index (χ3n) is 18.3. The Balaban J connectivity index is 1.57. The fourth-order valence-corrected chi connectivity index (χ4v) is 12.8. The number of likely N-dealkylation sites (N-methyl/N-ethyl adjacent to an activating group) is 7. The van der Waals surface area contributed by atoms with Crippen molar-refractivity contribution in [3.05, 3.63) is 68.7 Å². The van der Waals surface area contributed by atoms with Crippen LogP contribution in [0, 0.1) is 17.8 Å². The standard InChI is InChI=1S/C65H94BrClF3N11O11/c1-15-40(6)55-61(90)76(10)36-53(84)74(8)37-54(85)79(13)50(34-43-20-24-44(66)25-21-43)60(89)75(9)35-51(82)71-47(27-23-42-22-26-45(46(67)33-42)65(68,69)70)59(88)81-30-18-19-48(81)58(87)73-64(28-16-17-29-64)63(92)80(14)56(39(4)5)62(91)77(11)41(7)32-52(83)78(12)49(31-38(2)3)57(86)72-55/h20-22,24-26,33,38-41,47-50,55-56H,15-19,23,27-32,34-37H2,1-14H3,(H,71,82)(H,72,86)(H,73,87)/t40-,41+,47-,48-,49-,50-,55-,56-/m0/s1. The highest BCUT2D eigenvalue weighted by Crippen LogP contribution is 2.37. The Hall–Kier alpha value is -6.83. The van der Waals surface area contributed by atoms with Crippen molar-refractivity contribution in [2.75, 3.05) is 75.5 Å². The van der Waals surface area contributed by atoms with Gasteiger partial charge in [-0.3, -0.25) is 52.7 Å².